The minimum atomic E-state index is -4.74. The molecule has 0 saturated heterocycles. The maximum atomic E-state index is 12.6. The molecule has 1 amide bonds. The second kappa shape index (κ2) is 5.47. The average molecular weight is 300 g/mol. The summed E-state index contributed by atoms with van der Waals surface area (Å²) in [7, 11) is 2.11. The predicted octanol–water partition coefficient (Wildman–Crippen LogP) is 0.995. The van der Waals surface area contributed by atoms with E-state index < -0.39 is 41.0 Å². The Hall–Kier alpha value is -1.77. The summed E-state index contributed by atoms with van der Waals surface area (Å²) in [5.41, 5.74) is -1.85. The highest BCUT2D eigenvalue weighted by Crippen LogP contribution is 2.35. The Labute approximate surface area is 110 Å². The first-order valence-corrected chi connectivity index (χ1v) is 5.21. The van der Waals surface area contributed by atoms with Crippen molar-refractivity contribution in [1.29, 1.82) is 0 Å². The van der Waals surface area contributed by atoms with E-state index in [4.69, 9.17) is 11.6 Å². The van der Waals surface area contributed by atoms with Crippen LogP contribution in [0.15, 0.2) is 0 Å². The Kier molecular flexibility index (Phi) is 4.40. The first-order chi connectivity index (χ1) is 8.68. The number of hydrogen-bond acceptors (Lipinski definition) is 4. The van der Waals surface area contributed by atoms with Gasteiger partial charge in [-0.1, -0.05) is 11.6 Å². The van der Waals surface area contributed by atoms with Gasteiger partial charge in [-0.15, -0.1) is 0 Å². The van der Waals surface area contributed by atoms with Crippen molar-refractivity contribution >= 4 is 23.5 Å². The quantitative estimate of drug-likeness (QED) is 0.845. The number of carbonyl (C=O) groups excluding carboxylic acids is 2. The molecular weight excluding hydrogens is 291 g/mol. The van der Waals surface area contributed by atoms with Crippen LogP contribution in [0.1, 0.15) is 16.2 Å². The molecule has 0 spiro atoms. The van der Waals surface area contributed by atoms with Crippen LogP contribution in [0.3, 0.4) is 0 Å². The van der Waals surface area contributed by atoms with Crippen LogP contribution in [-0.4, -0.2) is 35.3 Å². The lowest BCUT2D eigenvalue weighted by molar-refractivity contribution is -0.143. The molecule has 0 aliphatic heterocycles. The maximum absolute atomic E-state index is 12.6. The Balaban J connectivity index is 2.97. The molecule has 0 atom stereocenters. The summed E-state index contributed by atoms with van der Waals surface area (Å²) in [6, 6.07) is 0. The van der Waals surface area contributed by atoms with E-state index in [9.17, 15) is 22.8 Å². The van der Waals surface area contributed by atoms with Crippen LogP contribution in [0.2, 0.25) is 5.02 Å². The van der Waals surface area contributed by atoms with Crippen molar-refractivity contribution < 1.29 is 27.5 Å². The molecule has 1 heterocycles. The predicted molar refractivity (Wildman–Crippen MR) is 57.6 cm³/mol. The number of nitrogens with zero attached hydrogens (tertiary/aromatic N) is 2. The SMILES string of the molecule is COC(=O)CNC(=O)c1nn(C)c(C(F)(F)F)c1Cl. The number of hydrogen-bond donors (Lipinski definition) is 1. The van der Waals surface area contributed by atoms with Crippen molar-refractivity contribution in [2.45, 2.75) is 6.18 Å². The third kappa shape index (κ3) is 3.37. The van der Waals surface area contributed by atoms with Gasteiger partial charge in [0.05, 0.1) is 7.11 Å². The highest BCUT2D eigenvalue weighted by atomic mass is 35.5. The van der Waals surface area contributed by atoms with Gasteiger partial charge in [0.25, 0.3) is 5.91 Å². The van der Waals surface area contributed by atoms with E-state index in [-0.39, 0.29) is 0 Å². The first kappa shape index (κ1) is 15.3. The minimum absolute atomic E-state index is 0.454. The summed E-state index contributed by atoms with van der Waals surface area (Å²) in [6.45, 7) is -0.496. The van der Waals surface area contributed by atoms with Gasteiger partial charge in [0.2, 0.25) is 0 Å². The summed E-state index contributed by atoms with van der Waals surface area (Å²) in [4.78, 5) is 22.3. The molecule has 19 heavy (non-hydrogen) atoms. The summed E-state index contributed by atoms with van der Waals surface area (Å²) < 4.78 is 42.5. The van der Waals surface area contributed by atoms with E-state index in [0.717, 1.165) is 14.2 Å². The molecule has 0 fully saturated rings. The molecule has 106 valence electrons. The minimum Gasteiger partial charge on any atom is -0.468 e. The fourth-order valence-electron chi connectivity index (χ4n) is 1.26. The average Bonchev–Trinajstić information content (AvgIpc) is 2.60. The molecule has 0 aromatic carbocycles. The lowest BCUT2D eigenvalue weighted by atomic mass is 10.3. The van der Waals surface area contributed by atoms with Crippen LogP contribution < -0.4 is 5.32 Å². The van der Waals surface area contributed by atoms with E-state index in [1.165, 1.54) is 0 Å². The van der Waals surface area contributed by atoms with Gasteiger partial charge in [0.15, 0.2) is 11.4 Å². The van der Waals surface area contributed by atoms with Crippen molar-refractivity contribution in [2.75, 3.05) is 13.7 Å². The van der Waals surface area contributed by atoms with Gasteiger partial charge in [0.1, 0.15) is 11.6 Å². The number of amides is 1. The number of rotatable bonds is 3. The second-order valence-corrected chi connectivity index (χ2v) is 3.77. The summed E-state index contributed by atoms with van der Waals surface area (Å²) in [5, 5.41) is 4.60. The monoisotopic (exact) mass is 299 g/mol. The number of nitrogens with one attached hydrogen (secondary N) is 1. The molecule has 1 rings (SSSR count). The van der Waals surface area contributed by atoms with Crippen LogP contribution in [-0.2, 0) is 22.8 Å². The fraction of sp³-hybridized carbons (Fsp3) is 0.444. The Bertz CT molecular complexity index is 513. The van der Waals surface area contributed by atoms with E-state index in [2.05, 4.69) is 9.84 Å². The molecule has 0 aliphatic rings. The lowest BCUT2D eigenvalue weighted by Crippen LogP contribution is -2.30. The van der Waals surface area contributed by atoms with E-state index in [1.807, 2.05) is 5.32 Å². The van der Waals surface area contributed by atoms with Crippen LogP contribution in [0.5, 0.6) is 0 Å². The molecule has 1 aromatic heterocycles. The third-order valence-corrected chi connectivity index (χ3v) is 2.45. The van der Waals surface area contributed by atoms with E-state index in [1.54, 1.807) is 0 Å². The largest absolute Gasteiger partial charge is 0.468 e. The number of aromatic nitrogens is 2. The Morgan fingerprint density at radius 2 is 2.05 bits per heavy atom. The molecule has 0 unspecified atom stereocenters. The van der Waals surface area contributed by atoms with Crippen LogP contribution in [0.4, 0.5) is 13.2 Å². The van der Waals surface area contributed by atoms with Gasteiger partial charge < -0.3 is 10.1 Å². The Morgan fingerprint density at radius 3 is 2.47 bits per heavy atom. The molecule has 1 N–H and O–H groups in total. The van der Waals surface area contributed by atoms with Gasteiger partial charge in [0, 0.05) is 7.05 Å². The fourth-order valence-corrected chi connectivity index (χ4v) is 1.61. The standard InChI is InChI=1S/C9H9ClF3N3O3/c1-16-7(9(11,12)13)5(10)6(15-16)8(18)14-3-4(17)19-2/h3H2,1-2H3,(H,14,18). The number of esters is 1. The van der Waals surface area contributed by atoms with Gasteiger partial charge in [-0.3, -0.25) is 14.3 Å². The summed E-state index contributed by atoms with van der Waals surface area (Å²) in [5.74, 6) is -1.75. The third-order valence-electron chi connectivity index (χ3n) is 2.09. The normalized spacial score (nSPS) is 11.3. The van der Waals surface area contributed by atoms with Crippen molar-refractivity contribution in [2.24, 2.45) is 7.05 Å². The van der Waals surface area contributed by atoms with Crippen LogP contribution in [0, 0.1) is 0 Å². The van der Waals surface area contributed by atoms with Crippen LogP contribution >= 0.6 is 11.6 Å². The Morgan fingerprint density at radius 1 is 1.47 bits per heavy atom. The number of halogens is 4. The van der Waals surface area contributed by atoms with Crippen molar-refractivity contribution in [1.82, 2.24) is 15.1 Å². The summed E-state index contributed by atoms with van der Waals surface area (Å²) in [6.07, 6.45) is -4.74. The zero-order valence-corrected chi connectivity index (χ0v) is 10.6. The highest BCUT2D eigenvalue weighted by Gasteiger charge is 2.39. The number of ether oxygens (including phenoxy) is 1. The molecule has 0 aliphatic carbocycles. The zero-order valence-electron chi connectivity index (χ0n) is 9.84. The second-order valence-electron chi connectivity index (χ2n) is 3.39. The van der Waals surface area contributed by atoms with Crippen molar-refractivity contribution in [3.8, 4) is 0 Å². The number of aryl methyl sites for hydroxylation is 1. The number of carbonyl (C=O) groups is 2. The molecule has 1 aromatic rings. The maximum Gasteiger partial charge on any atom is 0.434 e. The zero-order chi connectivity index (χ0) is 14.8. The first-order valence-electron chi connectivity index (χ1n) is 4.83. The van der Waals surface area contributed by atoms with Gasteiger partial charge in [-0.25, -0.2) is 0 Å². The molecule has 6 nitrogen and oxygen atoms in total. The number of alkyl halides is 3. The number of methoxy groups -OCH3 is 1. The van der Waals surface area contributed by atoms with Crippen LogP contribution in [0.25, 0.3) is 0 Å². The lowest BCUT2D eigenvalue weighted by Gasteiger charge is -2.06. The molecular formula is C9H9ClF3N3O3. The topological polar surface area (TPSA) is 73.2 Å². The molecule has 10 heteroatoms. The van der Waals surface area contributed by atoms with E-state index in [0.29, 0.717) is 4.68 Å². The molecule has 0 radical (unpaired) electrons. The summed E-state index contributed by atoms with van der Waals surface area (Å²) >= 11 is 5.48. The smallest absolute Gasteiger partial charge is 0.434 e. The molecule has 0 bridgehead atoms. The van der Waals surface area contributed by atoms with Gasteiger partial charge >= 0.3 is 12.1 Å². The highest BCUT2D eigenvalue weighted by molar-refractivity contribution is 6.34. The van der Waals surface area contributed by atoms with Gasteiger partial charge in [-0.05, 0) is 0 Å². The van der Waals surface area contributed by atoms with Crippen molar-refractivity contribution in [3.05, 3.63) is 16.4 Å². The van der Waals surface area contributed by atoms with Crippen molar-refractivity contribution in [3.63, 3.8) is 0 Å². The van der Waals surface area contributed by atoms with Gasteiger partial charge in [-0.2, -0.15) is 18.3 Å². The van der Waals surface area contributed by atoms with E-state index >= 15 is 0 Å². The molecule has 0 saturated carbocycles.